The number of hydrogen-bond donors (Lipinski definition) is 2. The van der Waals surface area contributed by atoms with Crippen molar-refractivity contribution in [2.45, 2.75) is 24.3 Å². The molecule has 2 aromatic heterocycles. The van der Waals surface area contributed by atoms with Crippen LogP contribution in [0.4, 0.5) is 5.69 Å². The number of carbonyl (C=O) groups is 1. The summed E-state index contributed by atoms with van der Waals surface area (Å²) in [5.41, 5.74) is 1.45. The second kappa shape index (κ2) is 8.09. The largest absolute Gasteiger partial charge is 0.497 e. The summed E-state index contributed by atoms with van der Waals surface area (Å²) in [5, 5.41) is 11.0. The number of methoxy groups -OCH3 is 1. The van der Waals surface area contributed by atoms with Gasteiger partial charge in [0.05, 0.1) is 12.4 Å². The number of carbonyl (C=O) groups excluding carboxylic acids is 1. The van der Waals surface area contributed by atoms with Gasteiger partial charge in [0.25, 0.3) is 11.1 Å². The van der Waals surface area contributed by atoms with Gasteiger partial charge in [0.15, 0.2) is 0 Å². The molecule has 136 valence electrons. The summed E-state index contributed by atoms with van der Waals surface area (Å²) in [4.78, 5) is 15.7. The van der Waals surface area contributed by atoms with Crippen molar-refractivity contribution in [2.24, 2.45) is 5.92 Å². The van der Waals surface area contributed by atoms with E-state index in [1.807, 2.05) is 26.0 Å². The highest BCUT2D eigenvalue weighted by Gasteiger charge is 2.26. The maximum absolute atomic E-state index is 12.7. The fraction of sp³-hybridized carbons (Fsp3) is 0.278. The minimum Gasteiger partial charge on any atom is -0.497 e. The second-order valence-corrected chi connectivity index (χ2v) is 7.05. The summed E-state index contributed by atoms with van der Waals surface area (Å²) >= 11 is 1.26. The Morgan fingerprint density at radius 3 is 2.62 bits per heavy atom. The minimum absolute atomic E-state index is 0.0825. The fourth-order valence-electron chi connectivity index (χ4n) is 2.32. The summed E-state index contributed by atoms with van der Waals surface area (Å²) < 4.78 is 10.8. The van der Waals surface area contributed by atoms with E-state index in [2.05, 4.69) is 20.5 Å². The van der Waals surface area contributed by atoms with Crippen LogP contribution in [0.1, 0.15) is 13.8 Å². The Labute approximate surface area is 155 Å². The van der Waals surface area contributed by atoms with Crippen molar-refractivity contribution in [2.75, 3.05) is 12.4 Å². The lowest BCUT2D eigenvalue weighted by atomic mass is 10.1. The molecule has 0 spiro atoms. The highest BCUT2D eigenvalue weighted by atomic mass is 32.2. The van der Waals surface area contributed by atoms with Gasteiger partial charge in [0.2, 0.25) is 5.91 Å². The molecule has 0 bridgehead atoms. The number of hydrogen-bond acceptors (Lipinski definition) is 6. The van der Waals surface area contributed by atoms with E-state index in [-0.39, 0.29) is 17.1 Å². The first-order valence-electron chi connectivity index (χ1n) is 8.15. The average Bonchev–Trinajstić information content (AvgIpc) is 3.31. The molecule has 2 N–H and O–H groups in total. The molecule has 3 aromatic rings. The number of anilines is 1. The third-order valence-corrected chi connectivity index (χ3v) is 5.06. The predicted octanol–water partition coefficient (Wildman–Crippen LogP) is 3.83. The molecule has 1 atom stereocenters. The molecule has 0 radical (unpaired) electrons. The first kappa shape index (κ1) is 18.1. The van der Waals surface area contributed by atoms with Crippen molar-refractivity contribution in [1.29, 1.82) is 0 Å². The first-order valence-corrected chi connectivity index (χ1v) is 9.03. The van der Waals surface area contributed by atoms with E-state index in [1.54, 1.807) is 37.6 Å². The van der Waals surface area contributed by atoms with Crippen LogP contribution < -0.4 is 10.1 Å². The van der Waals surface area contributed by atoms with Crippen LogP contribution in [0.15, 0.2) is 52.2 Å². The molecule has 0 aliphatic rings. The molecular formula is C18H20N4O3S. The van der Waals surface area contributed by atoms with Crippen LogP contribution in [0, 0.1) is 5.92 Å². The van der Waals surface area contributed by atoms with Crippen LogP contribution in [0.2, 0.25) is 0 Å². The summed E-state index contributed by atoms with van der Waals surface area (Å²) in [7, 11) is 1.60. The number of rotatable bonds is 7. The Morgan fingerprint density at radius 1 is 1.23 bits per heavy atom. The summed E-state index contributed by atoms with van der Waals surface area (Å²) in [6.07, 6.45) is 1.78. The van der Waals surface area contributed by atoms with Gasteiger partial charge in [-0.05, 0) is 42.3 Å². The summed E-state index contributed by atoms with van der Waals surface area (Å²) in [6.45, 7) is 3.96. The van der Waals surface area contributed by atoms with Crippen LogP contribution in [0.3, 0.4) is 0 Å². The van der Waals surface area contributed by atoms with Crippen LogP contribution in [0.25, 0.3) is 11.6 Å². The average molecular weight is 372 g/mol. The van der Waals surface area contributed by atoms with Gasteiger partial charge in [-0.25, -0.2) is 0 Å². The molecule has 7 nitrogen and oxygen atoms in total. The van der Waals surface area contributed by atoms with E-state index >= 15 is 0 Å². The Hall–Kier alpha value is -2.74. The van der Waals surface area contributed by atoms with Gasteiger partial charge in [-0.1, -0.05) is 25.6 Å². The number of aromatic amines is 1. The molecule has 26 heavy (non-hydrogen) atoms. The van der Waals surface area contributed by atoms with Gasteiger partial charge in [0, 0.05) is 11.9 Å². The SMILES string of the molecule is COc1ccc(NC(=O)[C@H](Sc2nnc(-c3ccc[nH]3)o2)C(C)C)cc1. The number of ether oxygens (including phenoxy) is 1. The number of benzene rings is 1. The number of thioether (sulfide) groups is 1. The van der Waals surface area contributed by atoms with Crippen LogP contribution in [0.5, 0.6) is 5.75 Å². The minimum atomic E-state index is -0.367. The maximum atomic E-state index is 12.7. The van der Waals surface area contributed by atoms with Gasteiger partial charge in [-0.2, -0.15) is 0 Å². The van der Waals surface area contributed by atoms with Gasteiger partial charge in [-0.3, -0.25) is 4.79 Å². The Bertz CT molecular complexity index is 844. The molecule has 0 saturated heterocycles. The molecule has 1 aromatic carbocycles. The number of H-pyrrole nitrogens is 1. The van der Waals surface area contributed by atoms with Crippen molar-refractivity contribution >= 4 is 23.4 Å². The van der Waals surface area contributed by atoms with E-state index in [4.69, 9.17) is 9.15 Å². The van der Waals surface area contributed by atoms with Gasteiger partial charge >= 0.3 is 0 Å². The molecule has 0 saturated carbocycles. The second-order valence-electron chi connectivity index (χ2n) is 5.96. The van der Waals surface area contributed by atoms with E-state index in [0.29, 0.717) is 16.8 Å². The number of nitrogens with zero attached hydrogens (tertiary/aromatic N) is 2. The number of amides is 1. The molecule has 0 aliphatic heterocycles. The topological polar surface area (TPSA) is 93.0 Å². The highest BCUT2D eigenvalue weighted by molar-refractivity contribution is 8.00. The van der Waals surface area contributed by atoms with Crippen LogP contribution in [-0.4, -0.2) is 33.4 Å². The molecule has 2 heterocycles. The van der Waals surface area contributed by atoms with Gasteiger partial charge in [0.1, 0.15) is 11.4 Å². The van der Waals surface area contributed by atoms with Crippen molar-refractivity contribution in [3.05, 3.63) is 42.6 Å². The van der Waals surface area contributed by atoms with Crippen LogP contribution >= 0.6 is 11.8 Å². The molecular weight excluding hydrogens is 352 g/mol. The number of aromatic nitrogens is 3. The summed E-state index contributed by atoms with van der Waals surface area (Å²) in [6, 6.07) is 10.9. The van der Waals surface area contributed by atoms with E-state index in [0.717, 1.165) is 11.4 Å². The first-order chi connectivity index (χ1) is 12.6. The van der Waals surface area contributed by atoms with Crippen molar-refractivity contribution in [3.8, 4) is 17.3 Å². The third-order valence-electron chi connectivity index (χ3n) is 3.68. The lowest BCUT2D eigenvalue weighted by molar-refractivity contribution is -0.116. The third kappa shape index (κ3) is 4.26. The standard InChI is InChI=1S/C18H20N4O3S/c1-11(2)15(16(23)20-12-6-8-13(24-3)9-7-12)26-18-22-21-17(25-18)14-5-4-10-19-14/h4-11,15,19H,1-3H3,(H,20,23)/t15-/m1/s1. The van der Waals surface area contributed by atoms with Crippen molar-refractivity contribution in [3.63, 3.8) is 0 Å². The molecule has 1 amide bonds. The summed E-state index contributed by atoms with van der Waals surface area (Å²) in [5.74, 6) is 1.10. The van der Waals surface area contributed by atoms with E-state index in [9.17, 15) is 4.79 Å². The van der Waals surface area contributed by atoms with Gasteiger partial charge < -0.3 is 19.5 Å². The maximum Gasteiger partial charge on any atom is 0.277 e. The highest BCUT2D eigenvalue weighted by Crippen LogP contribution is 2.30. The molecule has 0 fully saturated rings. The van der Waals surface area contributed by atoms with E-state index in [1.165, 1.54) is 11.8 Å². The zero-order valence-electron chi connectivity index (χ0n) is 14.7. The van der Waals surface area contributed by atoms with Crippen molar-refractivity contribution in [1.82, 2.24) is 15.2 Å². The van der Waals surface area contributed by atoms with Crippen LogP contribution in [-0.2, 0) is 4.79 Å². The smallest absolute Gasteiger partial charge is 0.277 e. The lowest BCUT2D eigenvalue weighted by Crippen LogP contribution is -2.29. The quantitative estimate of drug-likeness (QED) is 0.612. The Balaban J connectivity index is 1.69. The zero-order valence-corrected chi connectivity index (χ0v) is 15.5. The van der Waals surface area contributed by atoms with Crippen molar-refractivity contribution < 1.29 is 13.9 Å². The number of nitrogens with one attached hydrogen (secondary N) is 2. The molecule has 3 rings (SSSR count). The lowest BCUT2D eigenvalue weighted by Gasteiger charge is -2.18. The monoisotopic (exact) mass is 372 g/mol. The molecule has 0 unspecified atom stereocenters. The zero-order chi connectivity index (χ0) is 18.5. The molecule has 8 heteroatoms. The van der Waals surface area contributed by atoms with E-state index < -0.39 is 0 Å². The van der Waals surface area contributed by atoms with Gasteiger partial charge in [-0.15, -0.1) is 10.2 Å². The Morgan fingerprint density at radius 2 is 2.00 bits per heavy atom. The molecule has 0 aliphatic carbocycles. The normalized spacial score (nSPS) is 12.2. The predicted molar refractivity (Wildman–Crippen MR) is 100 cm³/mol. The Kier molecular flexibility index (Phi) is 5.62. The fourth-order valence-corrected chi connectivity index (χ4v) is 3.19.